The van der Waals surface area contributed by atoms with Gasteiger partial charge < -0.3 is 9.84 Å². The molecule has 0 bridgehead atoms. The third-order valence-electron chi connectivity index (χ3n) is 1.58. The fourth-order valence-electron chi connectivity index (χ4n) is 0.983. The van der Waals surface area contributed by atoms with Gasteiger partial charge in [-0.25, -0.2) is 0 Å². The molecular weight excluding hydrogens is 178 g/mol. The molecule has 0 radical (unpaired) electrons. The van der Waals surface area contributed by atoms with Crippen LogP contribution in [0.25, 0.3) is 0 Å². The number of aliphatic carboxylic acids is 1. The number of hydrogen-bond acceptors (Lipinski definition) is 4. The SMILES string of the molecule is O=C(O)CN1C(=O)CCOCC1=O. The number of ether oxygens (including phenoxy) is 1. The fraction of sp³-hybridized carbons (Fsp3) is 0.571. The average Bonchev–Trinajstić information content (AvgIpc) is 2.18. The minimum absolute atomic E-state index is 0.0546. The van der Waals surface area contributed by atoms with Gasteiger partial charge in [-0.3, -0.25) is 19.3 Å². The Morgan fingerprint density at radius 1 is 1.46 bits per heavy atom. The number of carboxylic acid groups (broad SMARTS) is 1. The Kier molecular flexibility index (Phi) is 2.97. The quantitative estimate of drug-likeness (QED) is 0.551. The third-order valence-corrected chi connectivity index (χ3v) is 1.58. The molecule has 0 aromatic carbocycles. The number of nitrogens with zero attached hydrogens (tertiary/aromatic N) is 1. The highest BCUT2D eigenvalue weighted by atomic mass is 16.5. The van der Waals surface area contributed by atoms with Crippen molar-refractivity contribution in [1.29, 1.82) is 0 Å². The lowest BCUT2D eigenvalue weighted by atomic mass is 10.3. The van der Waals surface area contributed by atoms with Gasteiger partial charge in [0.1, 0.15) is 13.2 Å². The minimum Gasteiger partial charge on any atom is -0.480 e. The summed E-state index contributed by atoms with van der Waals surface area (Å²) in [5.74, 6) is -2.29. The lowest BCUT2D eigenvalue weighted by molar-refractivity contribution is -0.152. The smallest absolute Gasteiger partial charge is 0.323 e. The van der Waals surface area contributed by atoms with Gasteiger partial charge in [-0.2, -0.15) is 0 Å². The predicted octanol–water partition coefficient (Wildman–Crippen LogP) is -1.15. The largest absolute Gasteiger partial charge is 0.480 e. The Morgan fingerprint density at radius 2 is 2.15 bits per heavy atom. The van der Waals surface area contributed by atoms with Gasteiger partial charge in [-0.05, 0) is 0 Å². The highest BCUT2D eigenvalue weighted by Crippen LogP contribution is 2.01. The molecule has 1 aliphatic heterocycles. The molecule has 0 aromatic rings. The van der Waals surface area contributed by atoms with E-state index in [0.29, 0.717) is 4.90 Å². The van der Waals surface area contributed by atoms with Gasteiger partial charge in [0.05, 0.1) is 13.0 Å². The van der Waals surface area contributed by atoms with Crippen molar-refractivity contribution in [2.75, 3.05) is 19.8 Å². The Bertz CT molecular complexity index is 231. The topological polar surface area (TPSA) is 83.9 Å². The molecule has 1 saturated heterocycles. The summed E-state index contributed by atoms with van der Waals surface area (Å²) in [6.45, 7) is -0.638. The van der Waals surface area contributed by atoms with Gasteiger partial charge in [0.15, 0.2) is 0 Å². The van der Waals surface area contributed by atoms with Crippen LogP contribution in [-0.4, -0.2) is 47.5 Å². The molecule has 0 aliphatic carbocycles. The second-order valence-electron chi connectivity index (χ2n) is 2.57. The number of rotatable bonds is 2. The van der Waals surface area contributed by atoms with Gasteiger partial charge in [-0.15, -0.1) is 0 Å². The molecule has 1 fully saturated rings. The van der Waals surface area contributed by atoms with Crippen LogP contribution in [0.4, 0.5) is 0 Å². The molecular formula is C7H9NO5. The molecule has 1 heterocycles. The van der Waals surface area contributed by atoms with Crippen LogP contribution in [0, 0.1) is 0 Å². The second-order valence-corrected chi connectivity index (χ2v) is 2.57. The van der Waals surface area contributed by atoms with E-state index in [4.69, 9.17) is 9.84 Å². The second kappa shape index (κ2) is 3.99. The maximum atomic E-state index is 11.1. The molecule has 72 valence electrons. The van der Waals surface area contributed by atoms with Crippen molar-refractivity contribution in [3.8, 4) is 0 Å². The van der Waals surface area contributed by atoms with Crippen LogP contribution in [0.2, 0.25) is 0 Å². The monoisotopic (exact) mass is 187 g/mol. The highest BCUT2D eigenvalue weighted by Gasteiger charge is 2.26. The van der Waals surface area contributed by atoms with Crippen molar-refractivity contribution < 1.29 is 24.2 Å². The maximum absolute atomic E-state index is 11.1. The number of hydrogen-bond donors (Lipinski definition) is 1. The van der Waals surface area contributed by atoms with Crippen LogP contribution >= 0.6 is 0 Å². The zero-order valence-corrected chi connectivity index (χ0v) is 6.86. The van der Waals surface area contributed by atoms with Gasteiger partial charge in [0.25, 0.3) is 5.91 Å². The van der Waals surface area contributed by atoms with Crippen molar-refractivity contribution in [1.82, 2.24) is 4.90 Å². The van der Waals surface area contributed by atoms with E-state index in [2.05, 4.69) is 0 Å². The zero-order valence-electron chi connectivity index (χ0n) is 6.86. The van der Waals surface area contributed by atoms with Gasteiger partial charge in [-0.1, -0.05) is 0 Å². The molecule has 6 heteroatoms. The van der Waals surface area contributed by atoms with Crippen molar-refractivity contribution in [3.05, 3.63) is 0 Å². The summed E-state index contributed by atoms with van der Waals surface area (Å²) in [5.41, 5.74) is 0. The van der Waals surface area contributed by atoms with Crippen molar-refractivity contribution >= 4 is 17.8 Å². The molecule has 1 N–H and O–H groups in total. The molecule has 1 aliphatic rings. The van der Waals surface area contributed by atoms with Crippen LogP contribution in [0.3, 0.4) is 0 Å². The Labute approximate surface area is 74.1 Å². The summed E-state index contributed by atoms with van der Waals surface area (Å²) in [4.78, 5) is 33.2. The number of carbonyl (C=O) groups is 3. The first-order valence-electron chi connectivity index (χ1n) is 3.74. The molecule has 0 unspecified atom stereocenters. The first kappa shape index (κ1) is 9.66. The van der Waals surface area contributed by atoms with Gasteiger partial charge in [0.2, 0.25) is 5.91 Å². The number of amides is 2. The third kappa shape index (κ3) is 2.51. The molecule has 0 aromatic heterocycles. The number of imide groups is 1. The molecule has 13 heavy (non-hydrogen) atoms. The minimum atomic E-state index is -1.20. The van der Waals surface area contributed by atoms with E-state index in [1.807, 2.05) is 0 Å². The molecule has 0 spiro atoms. The average molecular weight is 187 g/mol. The van der Waals surface area contributed by atoms with E-state index in [9.17, 15) is 14.4 Å². The van der Waals surface area contributed by atoms with E-state index >= 15 is 0 Å². The molecule has 0 atom stereocenters. The Balaban J connectivity index is 2.69. The van der Waals surface area contributed by atoms with Crippen molar-refractivity contribution in [3.63, 3.8) is 0 Å². The number of carbonyl (C=O) groups excluding carboxylic acids is 2. The van der Waals surface area contributed by atoms with Gasteiger partial charge >= 0.3 is 5.97 Å². The fourth-order valence-corrected chi connectivity index (χ4v) is 0.983. The Morgan fingerprint density at radius 3 is 2.77 bits per heavy atom. The zero-order chi connectivity index (χ0) is 9.84. The normalized spacial score (nSPS) is 18.6. The van der Waals surface area contributed by atoms with Crippen LogP contribution < -0.4 is 0 Å². The van der Waals surface area contributed by atoms with Crippen LogP contribution in [0.15, 0.2) is 0 Å². The Hall–Kier alpha value is -1.43. The standard InChI is InChI=1S/C7H9NO5/c9-5-1-2-13-4-6(10)8(5)3-7(11)12/h1-4H2,(H,11,12). The van der Waals surface area contributed by atoms with E-state index in [1.165, 1.54) is 0 Å². The van der Waals surface area contributed by atoms with Crippen molar-refractivity contribution in [2.45, 2.75) is 6.42 Å². The summed E-state index contributed by atoms with van der Waals surface area (Å²) in [6, 6.07) is 0. The first-order chi connectivity index (χ1) is 6.11. The van der Waals surface area contributed by atoms with Crippen LogP contribution in [-0.2, 0) is 19.1 Å². The van der Waals surface area contributed by atoms with E-state index in [1.54, 1.807) is 0 Å². The summed E-state index contributed by atoms with van der Waals surface area (Å²) in [7, 11) is 0. The van der Waals surface area contributed by atoms with Crippen molar-refractivity contribution in [2.24, 2.45) is 0 Å². The summed E-state index contributed by atoms with van der Waals surface area (Å²) < 4.78 is 4.78. The first-order valence-corrected chi connectivity index (χ1v) is 3.74. The maximum Gasteiger partial charge on any atom is 0.323 e. The van der Waals surface area contributed by atoms with E-state index in [-0.39, 0.29) is 19.6 Å². The predicted molar refractivity (Wildman–Crippen MR) is 39.8 cm³/mol. The summed E-state index contributed by atoms with van der Waals surface area (Å²) in [6.07, 6.45) is 0.0546. The molecule has 6 nitrogen and oxygen atoms in total. The molecule has 0 saturated carbocycles. The lowest BCUT2D eigenvalue weighted by Gasteiger charge is -2.14. The summed E-state index contributed by atoms with van der Waals surface area (Å²) >= 11 is 0. The highest BCUT2D eigenvalue weighted by molar-refractivity contribution is 5.99. The number of carboxylic acids is 1. The van der Waals surface area contributed by atoms with Gasteiger partial charge in [0, 0.05) is 0 Å². The molecule has 1 rings (SSSR count). The van der Waals surface area contributed by atoms with Crippen LogP contribution in [0.1, 0.15) is 6.42 Å². The summed E-state index contributed by atoms with van der Waals surface area (Å²) in [5, 5.41) is 8.41. The lowest BCUT2D eigenvalue weighted by Crippen LogP contribution is -2.40. The van der Waals surface area contributed by atoms with E-state index < -0.39 is 24.3 Å². The van der Waals surface area contributed by atoms with E-state index in [0.717, 1.165) is 0 Å². The molecule has 2 amide bonds. The van der Waals surface area contributed by atoms with Crippen LogP contribution in [0.5, 0.6) is 0 Å².